The maximum Gasteiger partial charge on any atom is 0.236 e. The molecule has 0 radical (unpaired) electrons. The third-order valence-electron chi connectivity index (χ3n) is 4.89. The molecule has 1 aliphatic carbocycles. The second-order valence-corrected chi connectivity index (χ2v) is 7.10. The Labute approximate surface area is 166 Å². The van der Waals surface area contributed by atoms with E-state index in [9.17, 15) is 4.79 Å². The number of hydrogen-bond donors (Lipinski definition) is 1. The Bertz CT molecular complexity index is 763. The lowest BCUT2D eigenvalue weighted by molar-refractivity contribution is -0.118. The lowest BCUT2D eigenvalue weighted by Crippen LogP contribution is -2.12. The van der Waals surface area contributed by atoms with Gasteiger partial charge in [-0.1, -0.05) is 31.4 Å². The molecule has 1 amide bonds. The SMILES string of the molecule is CC(=O)N/N=C\c1ccc(OCCOc2ccc(C3CCCCC3)cc2)cc1. The summed E-state index contributed by atoms with van der Waals surface area (Å²) in [5.41, 5.74) is 4.69. The molecule has 0 unspecified atom stereocenters. The van der Waals surface area contributed by atoms with Gasteiger partial charge in [0.15, 0.2) is 0 Å². The molecule has 0 spiro atoms. The fraction of sp³-hybridized carbons (Fsp3) is 0.391. The molecule has 1 aliphatic rings. The van der Waals surface area contributed by atoms with Gasteiger partial charge in [-0.15, -0.1) is 0 Å². The van der Waals surface area contributed by atoms with E-state index in [1.165, 1.54) is 44.6 Å². The highest BCUT2D eigenvalue weighted by atomic mass is 16.5. The van der Waals surface area contributed by atoms with Gasteiger partial charge < -0.3 is 9.47 Å². The average Bonchev–Trinajstić information content (AvgIpc) is 2.73. The minimum atomic E-state index is -0.195. The summed E-state index contributed by atoms with van der Waals surface area (Å²) in [7, 11) is 0. The highest BCUT2D eigenvalue weighted by Gasteiger charge is 2.15. The molecule has 5 heteroatoms. The van der Waals surface area contributed by atoms with Crippen molar-refractivity contribution in [2.24, 2.45) is 5.10 Å². The molecule has 0 aromatic heterocycles. The molecule has 0 aliphatic heterocycles. The van der Waals surface area contributed by atoms with Crippen LogP contribution in [0.15, 0.2) is 53.6 Å². The largest absolute Gasteiger partial charge is 0.490 e. The Hall–Kier alpha value is -2.82. The molecule has 0 heterocycles. The second-order valence-electron chi connectivity index (χ2n) is 7.10. The second kappa shape index (κ2) is 10.5. The molecule has 0 atom stereocenters. The summed E-state index contributed by atoms with van der Waals surface area (Å²) in [6, 6.07) is 16.0. The van der Waals surface area contributed by atoms with E-state index in [0.29, 0.717) is 13.2 Å². The molecule has 5 nitrogen and oxygen atoms in total. The molecule has 1 fully saturated rings. The molecule has 1 N–H and O–H groups in total. The zero-order chi connectivity index (χ0) is 19.6. The van der Waals surface area contributed by atoms with Gasteiger partial charge in [0, 0.05) is 6.92 Å². The van der Waals surface area contributed by atoms with Crippen molar-refractivity contribution in [1.29, 1.82) is 0 Å². The van der Waals surface area contributed by atoms with E-state index in [-0.39, 0.29) is 5.91 Å². The van der Waals surface area contributed by atoms with E-state index >= 15 is 0 Å². The van der Waals surface area contributed by atoms with Crippen molar-refractivity contribution in [1.82, 2.24) is 5.43 Å². The van der Waals surface area contributed by atoms with Crippen molar-refractivity contribution in [2.75, 3.05) is 13.2 Å². The summed E-state index contributed by atoms with van der Waals surface area (Å²) < 4.78 is 11.5. The van der Waals surface area contributed by atoms with Gasteiger partial charge in [0.05, 0.1) is 6.21 Å². The number of amides is 1. The third kappa shape index (κ3) is 6.41. The number of carbonyl (C=O) groups excluding carboxylic acids is 1. The third-order valence-corrected chi connectivity index (χ3v) is 4.89. The Morgan fingerprint density at radius 2 is 1.54 bits per heavy atom. The van der Waals surface area contributed by atoms with Gasteiger partial charge in [-0.3, -0.25) is 4.79 Å². The van der Waals surface area contributed by atoms with Crippen LogP contribution in [-0.4, -0.2) is 25.3 Å². The Morgan fingerprint density at radius 1 is 0.964 bits per heavy atom. The highest BCUT2D eigenvalue weighted by Crippen LogP contribution is 2.33. The first-order chi connectivity index (χ1) is 13.7. The molecule has 148 valence electrons. The zero-order valence-electron chi connectivity index (χ0n) is 16.4. The summed E-state index contributed by atoms with van der Waals surface area (Å²) in [6.45, 7) is 2.39. The first-order valence-corrected chi connectivity index (χ1v) is 9.96. The van der Waals surface area contributed by atoms with Gasteiger partial charge in [-0.05, 0) is 66.3 Å². The van der Waals surface area contributed by atoms with Crippen LogP contribution in [0.1, 0.15) is 56.1 Å². The van der Waals surface area contributed by atoms with E-state index in [4.69, 9.17) is 9.47 Å². The highest BCUT2D eigenvalue weighted by molar-refractivity contribution is 5.81. The molecule has 2 aromatic carbocycles. The van der Waals surface area contributed by atoms with E-state index in [1.54, 1.807) is 6.21 Å². The van der Waals surface area contributed by atoms with Crippen molar-refractivity contribution < 1.29 is 14.3 Å². The Morgan fingerprint density at radius 3 is 2.11 bits per heavy atom. The summed E-state index contributed by atoms with van der Waals surface area (Å²) in [5, 5.41) is 3.83. The Kier molecular flexibility index (Phi) is 7.47. The van der Waals surface area contributed by atoms with Crippen LogP contribution in [0, 0.1) is 0 Å². The van der Waals surface area contributed by atoms with Crippen LogP contribution < -0.4 is 14.9 Å². The van der Waals surface area contributed by atoms with Gasteiger partial charge in [-0.25, -0.2) is 5.43 Å². The Balaban J connectivity index is 1.38. The van der Waals surface area contributed by atoms with Crippen molar-refractivity contribution in [3.8, 4) is 11.5 Å². The van der Waals surface area contributed by atoms with Crippen LogP contribution in [-0.2, 0) is 4.79 Å². The molecule has 28 heavy (non-hydrogen) atoms. The van der Waals surface area contributed by atoms with Crippen molar-refractivity contribution in [3.05, 3.63) is 59.7 Å². The number of rotatable bonds is 8. The lowest BCUT2D eigenvalue weighted by Gasteiger charge is -2.22. The number of hydrazone groups is 1. The van der Waals surface area contributed by atoms with Gasteiger partial charge in [0.2, 0.25) is 5.91 Å². The van der Waals surface area contributed by atoms with Crippen molar-refractivity contribution >= 4 is 12.1 Å². The number of nitrogens with one attached hydrogen (secondary N) is 1. The van der Waals surface area contributed by atoms with Crippen molar-refractivity contribution in [3.63, 3.8) is 0 Å². The van der Waals surface area contributed by atoms with Gasteiger partial charge in [0.25, 0.3) is 0 Å². The van der Waals surface area contributed by atoms with E-state index in [0.717, 1.165) is 23.0 Å². The predicted molar refractivity (Wildman–Crippen MR) is 111 cm³/mol. The summed E-state index contributed by atoms with van der Waals surface area (Å²) in [4.78, 5) is 10.8. The standard InChI is InChI=1S/C23H28N2O3/c1-18(26)25-24-17-19-7-11-22(12-8-19)27-15-16-28-23-13-9-21(10-14-23)20-5-3-2-4-6-20/h7-14,17,20H,2-6,15-16H2,1H3,(H,25,26)/b24-17-. The molecular weight excluding hydrogens is 352 g/mol. The summed E-state index contributed by atoms with van der Waals surface area (Å²) in [5.74, 6) is 2.18. The van der Waals surface area contributed by atoms with Crippen LogP contribution in [0.5, 0.6) is 11.5 Å². The monoisotopic (exact) mass is 380 g/mol. The topological polar surface area (TPSA) is 59.9 Å². The number of hydrogen-bond acceptors (Lipinski definition) is 4. The van der Waals surface area contributed by atoms with E-state index < -0.39 is 0 Å². The molecule has 3 rings (SSSR count). The minimum absolute atomic E-state index is 0.195. The van der Waals surface area contributed by atoms with Crippen LogP contribution in [0.25, 0.3) is 0 Å². The van der Waals surface area contributed by atoms with Gasteiger partial charge in [-0.2, -0.15) is 5.10 Å². The molecule has 0 saturated heterocycles. The van der Waals surface area contributed by atoms with Gasteiger partial charge >= 0.3 is 0 Å². The molecule has 0 bridgehead atoms. The van der Waals surface area contributed by atoms with E-state index in [2.05, 4.69) is 34.8 Å². The molecule has 1 saturated carbocycles. The number of benzene rings is 2. The number of carbonyl (C=O) groups is 1. The molecular formula is C23H28N2O3. The van der Waals surface area contributed by atoms with Crippen LogP contribution in [0.2, 0.25) is 0 Å². The summed E-state index contributed by atoms with van der Waals surface area (Å²) in [6.07, 6.45) is 8.29. The number of nitrogens with zero attached hydrogens (tertiary/aromatic N) is 1. The first kappa shape index (κ1) is 19.9. The zero-order valence-corrected chi connectivity index (χ0v) is 16.4. The van der Waals surface area contributed by atoms with E-state index in [1.807, 2.05) is 24.3 Å². The fourth-order valence-corrected chi connectivity index (χ4v) is 3.44. The fourth-order valence-electron chi connectivity index (χ4n) is 3.44. The first-order valence-electron chi connectivity index (χ1n) is 9.96. The quantitative estimate of drug-likeness (QED) is 0.411. The summed E-state index contributed by atoms with van der Waals surface area (Å²) >= 11 is 0. The lowest BCUT2D eigenvalue weighted by atomic mass is 9.84. The molecule has 2 aromatic rings. The maximum absolute atomic E-state index is 10.8. The van der Waals surface area contributed by atoms with Crippen LogP contribution >= 0.6 is 0 Å². The van der Waals surface area contributed by atoms with Crippen molar-refractivity contribution in [2.45, 2.75) is 44.9 Å². The number of ether oxygens (including phenoxy) is 2. The predicted octanol–water partition coefficient (Wildman–Crippen LogP) is 4.66. The normalized spacial score (nSPS) is 14.8. The average molecular weight is 380 g/mol. The smallest absolute Gasteiger partial charge is 0.236 e. The maximum atomic E-state index is 10.8. The van der Waals surface area contributed by atoms with Crippen LogP contribution in [0.3, 0.4) is 0 Å². The van der Waals surface area contributed by atoms with Crippen LogP contribution in [0.4, 0.5) is 0 Å². The van der Waals surface area contributed by atoms with Gasteiger partial charge in [0.1, 0.15) is 24.7 Å². The minimum Gasteiger partial charge on any atom is -0.490 e.